The number of para-hydroxylation sites is 1. The predicted octanol–water partition coefficient (Wildman–Crippen LogP) is 1.39. The van der Waals surface area contributed by atoms with E-state index in [0.29, 0.717) is 29.9 Å². The normalized spacial score (nSPS) is 12.8. The number of imide groups is 1. The molecule has 0 unspecified atom stereocenters. The lowest BCUT2D eigenvalue weighted by molar-refractivity contribution is 0.0926. The van der Waals surface area contributed by atoms with Crippen molar-refractivity contribution in [2.45, 2.75) is 0 Å². The highest BCUT2D eigenvalue weighted by Crippen LogP contribution is 2.27. The van der Waals surface area contributed by atoms with Gasteiger partial charge in [0.05, 0.1) is 16.8 Å². The molecule has 0 radical (unpaired) electrons. The van der Waals surface area contributed by atoms with Crippen LogP contribution in [0.2, 0.25) is 0 Å². The fraction of sp³-hybridized carbons (Fsp3) is 0.125. The smallest absolute Gasteiger partial charge is 0.266 e. The molecule has 0 saturated heterocycles. The van der Waals surface area contributed by atoms with Gasteiger partial charge in [0.15, 0.2) is 0 Å². The summed E-state index contributed by atoms with van der Waals surface area (Å²) < 4.78 is 0. The number of nitrogens with two attached hydrogens (primary N) is 2. The summed E-state index contributed by atoms with van der Waals surface area (Å²) in [6.45, 7) is 1.19. The van der Waals surface area contributed by atoms with Crippen LogP contribution in [0.15, 0.2) is 54.6 Å². The molecule has 0 bridgehead atoms. The van der Waals surface area contributed by atoms with Crippen LogP contribution in [0.3, 0.4) is 0 Å². The van der Waals surface area contributed by atoms with E-state index in [1.54, 1.807) is 48.5 Å². The average Bonchev–Trinajstić information content (AvgIpc) is 2.80. The van der Waals surface area contributed by atoms with Crippen LogP contribution < -0.4 is 16.4 Å². The molecule has 4 N–H and O–H groups in total. The van der Waals surface area contributed by atoms with E-state index >= 15 is 0 Å². The van der Waals surface area contributed by atoms with Gasteiger partial charge in [-0.3, -0.25) is 9.59 Å². The number of carbonyl (C=O) groups is 2. The number of hydrogen-bond acceptors (Lipinski definition) is 4. The van der Waals surface area contributed by atoms with Crippen LogP contribution in [0.25, 0.3) is 0 Å². The third-order valence-electron chi connectivity index (χ3n) is 2.98. The van der Waals surface area contributed by atoms with Gasteiger partial charge >= 0.3 is 0 Å². The Balaban J connectivity index is 0.000000361. The summed E-state index contributed by atoms with van der Waals surface area (Å²) in [5.74, 6) is -0.506. The highest BCUT2D eigenvalue weighted by Gasteiger charge is 2.35. The fourth-order valence-electron chi connectivity index (χ4n) is 2.00. The van der Waals surface area contributed by atoms with Crippen molar-refractivity contribution >= 4 is 17.5 Å². The zero-order valence-electron chi connectivity index (χ0n) is 11.5. The van der Waals surface area contributed by atoms with Crippen molar-refractivity contribution in [1.29, 1.82) is 0 Å². The van der Waals surface area contributed by atoms with Crippen molar-refractivity contribution in [3.05, 3.63) is 65.7 Å². The number of rotatable bonds is 2. The number of anilines is 1. The van der Waals surface area contributed by atoms with Gasteiger partial charge in [-0.2, -0.15) is 0 Å². The quantitative estimate of drug-likeness (QED) is 0.815. The second-order valence-corrected chi connectivity index (χ2v) is 4.40. The van der Waals surface area contributed by atoms with Crippen LogP contribution in [-0.4, -0.2) is 24.9 Å². The third kappa shape index (κ3) is 2.99. The first-order valence-electron chi connectivity index (χ1n) is 6.63. The Bertz CT molecular complexity index is 604. The molecule has 0 saturated carbocycles. The largest absolute Gasteiger partial charge is 0.329 e. The summed E-state index contributed by atoms with van der Waals surface area (Å²) in [6, 6.07) is 15.8. The molecule has 108 valence electrons. The van der Waals surface area contributed by atoms with Crippen LogP contribution in [0, 0.1) is 0 Å². The zero-order valence-corrected chi connectivity index (χ0v) is 11.5. The Morgan fingerprint density at radius 3 is 1.57 bits per heavy atom. The van der Waals surface area contributed by atoms with Gasteiger partial charge in [0, 0.05) is 13.1 Å². The van der Waals surface area contributed by atoms with Gasteiger partial charge in [-0.25, -0.2) is 4.90 Å². The topological polar surface area (TPSA) is 89.4 Å². The lowest BCUT2D eigenvalue weighted by Crippen LogP contribution is -2.29. The molecule has 3 rings (SSSR count). The van der Waals surface area contributed by atoms with E-state index in [2.05, 4.69) is 0 Å². The van der Waals surface area contributed by atoms with Gasteiger partial charge in [-0.05, 0) is 24.3 Å². The zero-order chi connectivity index (χ0) is 15.2. The summed E-state index contributed by atoms with van der Waals surface area (Å²) >= 11 is 0. The molecule has 0 fully saturated rings. The minimum atomic E-state index is -0.253. The molecule has 0 spiro atoms. The molecular formula is C16H17N3O2. The van der Waals surface area contributed by atoms with Gasteiger partial charge in [0.25, 0.3) is 11.8 Å². The van der Waals surface area contributed by atoms with E-state index in [1.807, 2.05) is 6.07 Å². The summed E-state index contributed by atoms with van der Waals surface area (Å²) in [5, 5.41) is 0. The molecule has 0 aromatic heterocycles. The van der Waals surface area contributed by atoms with Crippen LogP contribution in [-0.2, 0) is 0 Å². The minimum absolute atomic E-state index is 0.253. The molecular weight excluding hydrogens is 266 g/mol. The highest BCUT2D eigenvalue weighted by molar-refractivity contribution is 6.34. The molecule has 1 aliphatic heterocycles. The molecule has 2 aromatic carbocycles. The molecule has 5 nitrogen and oxygen atoms in total. The maximum atomic E-state index is 12.1. The number of benzene rings is 2. The van der Waals surface area contributed by atoms with E-state index in [9.17, 15) is 9.59 Å². The minimum Gasteiger partial charge on any atom is -0.329 e. The van der Waals surface area contributed by atoms with Crippen LogP contribution in [0.5, 0.6) is 0 Å². The Morgan fingerprint density at radius 2 is 1.14 bits per heavy atom. The Morgan fingerprint density at radius 1 is 0.714 bits per heavy atom. The number of carbonyl (C=O) groups excluding carboxylic acids is 2. The molecule has 1 heterocycles. The number of nitrogens with zero attached hydrogens (tertiary/aromatic N) is 1. The number of fused-ring (bicyclic) bond motifs is 1. The standard InChI is InChI=1S/C14H9NO2.C2H8N2/c16-13-11-8-4-5-9-12(11)14(17)15(13)10-6-2-1-3-7-10;3-1-2-4/h1-9H;1-4H2. The SMILES string of the molecule is NCCN.O=C1c2ccccc2C(=O)N1c1ccccc1. The maximum absolute atomic E-state index is 12.1. The lowest BCUT2D eigenvalue weighted by Gasteiger charge is -2.13. The second kappa shape index (κ2) is 6.78. The van der Waals surface area contributed by atoms with Crippen molar-refractivity contribution < 1.29 is 9.59 Å². The molecule has 0 atom stereocenters. The van der Waals surface area contributed by atoms with Crippen LogP contribution >= 0.6 is 0 Å². The average molecular weight is 283 g/mol. The van der Waals surface area contributed by atoms with E-state index in [-0.39, 0.29) is 11.8 Å². The van der Waals surface area contributed by atoms with Gasteiger partial charge in [0.2, 0.25) is 0 Å². The molecule has 2 aromatic rings. The predicted molar refractivity (Wildman–Crippen MR) is 82.1 cm³/mol. The van der Waals surface area contributed by atoms with Crippen molar-refractivity contribution in [1.82, 2.24) is 0 Å². The summed E-state index contributed by atoms with van der Waals surface area (Å²) in [6.07, 6.45) is 0. The third-order valence-corrected chi connectivity index (χ3v) is 2.98. The first kappa shape index (κ1) is 14.9. The fourth-order valence-corrected chi connectivity index (χ4v) is 2.00. The van der Waals surface area contributed by atoms with E-state index < -0.39 is 0 Å². The molecule has 5 heteroatoms. The van der Waals surface area contributed by atoms with Crippen molar-refractivity contribution in [2.24, 2.45) is 11.5 Å². The van der Waals surface area contributed by atoms with E-state index in [4.69, 9.17) is 11.5 Å². The Kier molecular flexibility index (Phi) is 4.81. The van der Waals surface area contributed by atoms with E-state index in [1.165, 1.54) is 4.90 Å². The summed E-state index contributed by atoms with van der Waals surface area (Å²) in [5.41, 5.74) is 11.4. The van der Waals surface area contributed by atoms with Crippen molar-refractivity contribution in [3.63, 3.8) is 0 Å². The van der Waals surface area contributed by atoms with Crippen LogP contribution in [0.1, 0.15) is 20.7 Å². The second-order valence-electron chi connectivity index (χ2n) is 4.40. The molecule has 21 heavy (non-hydrogen) atoms. The first-order valence-corrected chi connectivity index (χ1v) is 6.63. The monoisotopic (exact) mass is 283 g/mol. The lowest BCUT2D eigenvalue weighted by atomic mass is 10.1. The van der Waals surface area contributed by atoms with Gasteiger partial charge in [-0.15, -0.1) is 0 Å². The highest BCUT2D eigenvalue weighted by atomic mass is 16.2. The number of hydrogen-bond donors (Lipinski definition) is 2. The van der Waals surface area contributed by atoms with Crippen molar-refractivity contribution in [3.8, 4) is 0 Å². The Hall–Kier alpha value is -2.50. The van der Waals surface area contributed by atoms with Gasteiger partial charge in [0.1, 0.15) is 0 Å². The van der Waals surface area contributed by atoms with Gasteiger partial charge < -0.3 is 11.5 Å². The molecule has 0 aliphatic carbocycles. The van der Waals surface area contributed by atoms with E-state index in [0.717, 1.165) is 0 Å². The van der Waals surface area contributed by atoms with Crippen molar-refractivity contribution in [2.75, 3.05) is 18.0 Å². The summed E-state index contributed by atoms with van der Waals surface area (Å²) in [4.78, 5) is 25.4. The number of amides is 2. The van der Waals surface area contributed by atoms with Gasteiger partial charge in [-0.1, -0.05) is 30.3 Å². The molecule has 2 amide bonds. The van der Waals surface area contributed by atoms with Crippen LogP contribution in [0.4, 0.5) is 5.69 Å². The summed E-state index contributed by atoms with van der Waals surface area (Å²) in [7, 11) is 0. The maximum Gasteiger partial charge on any atom is 0.266 e. The molecule has 1 aliphatic rings. The first-order chi connectivity index (χ1) is 10.2. The Labute approximate surface area is 123 Å².